The van der Waals surface area contributed by atoms with Crippen molar-refractivity contribution in [2.45, 2.75) is 33.4 Å². The molecule has 1 aromatic carbocycles. The lowest BCUT2D eigenvalue weighted by Gasteiger charge is -2.20. The van der Waals surface area contributed by atoms with Crippen molar-refractivity contribution in [1.29, 1.82) is 0 Å². The Morgan fingerprint density at radius 3 is 2.72 bits per heavy atom. The number of rotatable bonds is 4. The average molecular weight is 475 g/mol. The highest BCUT2D eigenvalue weighted by atomic mass is 79.9. The van der Waals surface area contributed by atoms with Gasteiger partial charge in [-0.2, -0.15) is 5.10 Å². The average Bonchev–Trinajstić information content (AvgIpc) is 3.11. The van der Waals surface area contributed by atoms with Gasteiger partial charge >= 0.3 is 0 Å². The molecule has 150 valence electrons. The van der Waals surface area contributed by atoms with E-state index in [0.717, 1.165) is 33.2 Å². The molecule has 4 rings (SSSR count). The molecule has 4 aromatic rings. The zero-order valence-corrected chi connectivity index (χ0v) is 19.0. The van der Waals surface area contributed by atoms with Gasteiger partial charge in [-0.3, -0.25) is 9.36 Å². The third-order valence-electron chi connectivity index (χ3n) is 5.20. The van der Waals surface area contributed by atoms with E-state index in [0.29, 0.717) is 21.7 Å². The summed E-state index contributed by atoms with van der Waals surface area (Å²) in [6.45, 7) is 6.80. The van der Waals surface area contributed by atoms with Crippen LogP contribution in [0.4, 0.5) is 5.69 Å². The number of pyridine rings is 2. The predicted octanol–water partition coefficient (Wildman–Crippen LogP) is 5.20. The SMILES string of the molecule is CCn1ncc2c3c(C(C)Nc4ccc(Cl)nc4Br)cc(C)cc3c(=O)n(C)c21. The van der Waals surface area contributed by atoms with E-state index in [4.69, 9.17) is 11.6 Å². The monoisotopic (exact) mass is 473 g/mol. The molecule has 3 aromatic heterocycles. The van der Waals surface area contributed by atoms with Crippen molar-refractivity contribution in [1.82, 2.24) is 19.3 Å². The molecule has 0 aliphatic heterocycles. The normalized spacial score (nSPS) is 12.6. The topological polar surface area (TPSA) is 64.7 Å². The number of halogens is 2. The van der Waals surface area contributed by atoms with Crippen molar-refractivity contribution in [2.75, 3.05) is 5.32 Å². The highest BCUT2D eigenvalue weighted by Crippen LogP contribution is 2.33. The molecule has 1 unspecified atom stereocenters. The second-order valence-electron chi connectivity index (χ2n) is 7.18. The van der Waals surface area contributed by atoms with Gasteiger partial charge in [-0.05, 0) is 66.0 Å². The summed E-state index contributed by atoms with van der Waals surface area (Å²) in [5.41, 5.74) is 3.72. The Morgan fingerprint density at radius 1 is 1.28 bits per heavy atom. The van der Waals surface area contributed by atoms with Crippen LogP contribution >= 0.6 is 27.5 Å². The van der Waals surface area contributed by atoms with E-state index in [9.17, 15) is 4.79 Å². The molecule has 1 N–H and O–H groups in total. The van der Waals surface area contributed by atoms with Gasteiger partial charge in [0.15, 0.2) is 0 Å². The fourth-order valence-corrected chi connectivity index (χ4v) is 4.56. The van der Waals surface area contributed by atoms with Gasteiger partial charge in [0.05, 0.1) is 11.9 Å². The van der Waals surface area contributed by atoms with Crippen molar-refractivity contribution in [3.8, 4) is 0 Å². The summed E-state index contributed by atoms with van der Waals surface area (Å²) in [6.07, 6.45) is 1.85. The molecule has 0 fully saturated rings. The zero-order valence-electron chi connectivity index (χ0n) is 16.6. The smallest absolute Gasteiger partial charge is 0.259 e. The lowest BCUT2D eigenvalue weighted by atomic mass is 9.96. The van der Waals surface area contributed by atoms with E-state index in [2.05, 4.69) is 44.3 Å². The van der Waals surface area contributed by atoms with Crippen LogP contribution in [0.1, 0.15) is 31.0 Å². The van der Waals surface area contributed by atoms with E-state index in [-0.39, 0.29) is 11.6 Å². The summed E-state index contributed by atoms with van der Waals surface area (Å²) in [5, 5.41) is 11.0. The second kappa shape index (κ2) is 7.46. The van der Waals surface area contributed by atoms with Crippen molar-refractivity contribution >= 4 is 55.0 Å². The Morgan fingerprint density at radius 2 is 2.03 bits per heavy atom. The van der Waals surface area contributed by atoms with Crippen LogP contribution in [0.5, 0.6) is 0 Å². The summed E-state index contributed by atoms with van der Waals surface area (Å²) in [6, 6.07) is 7.64. The molecule has 0 saturated carbocycles. The molecule has 1 atom stereocenters. The highest BCUT2D eigenvalue weighted by Gasteiger charge is 2.19. The van der Waals surface area contributed by atoms with Crippen LogP contribution in [0, 0.1) is 6.92 Å². The molecule has 29 heavy (non-hydrogen) atoms. The fraction of sp³-hybridized carbons (Fsp3) is 0.286. The van der Waals surface area contributed by atoms with Gasteiger partial charge in [-0.25, -0.2) is 9.67 Å². The van der Waals surface area contributed by atoms with Gasteiger partial charge in [0.2, 0.25) is 0 Å². The minimum atomic E-state index is -0.0723. The van der Waals surface area contributed by atoms with Gasteiger partial charge < -0.3 is 5.32 Å². The lowest BCUT2D eigenvalue weighted by Crippen LogP contribution is -2.20. The summed E-state index contributed by atoms with van der Waals surface area (Å²) >= 11 is 9.43. The molecule has 8 heteroatoms. The van der Waals surface area contributed by atoms with Crippen LogP contribution in [-0.4, -0.2) is 19.3 Å². The quantitative estimate of drug-likeness (QED) is 0.413. The first kappa shape index (κ1) is 19.9. The van der Waals surface area contributed by atoms with E-state index < -0.39 is 0 Å². The molecular weight excluding hydrogens is 454 g/mol. The Balaban J connectivity index is 1.97. The van der Waals surface area contributed by atoms with E-state index in [1.54, 1.807) is 17.7 Å². The van der Waals surface area contributed by atoms with Crippen LogP contribution < -0.4 is 10.9 Å². The molecule has 0 aliphatic carbocycles. The number of hydrogen-bond acceptors (Lipinski definition) is 4. The molecule has 0 spiro atoms. The number of aromatic nitrogens is 4. The van der Waals surface area contributed by atoms with Crippen molar-refractivity contribution in [3.05, 3.63) is 61.7 Å². The minimum absolute atomic E-state index is 0.0193. The molecular formula is C21H21BrClN5O. The Labute approximate surface area is 181 Å². The van der Waals surface area contributed by atoms with Gasteiger partial charge in [0.1, 0.15) is 15.4 Å². The third kappa shape index (κ3) is 3.32. The lowest BCUT2D eigenvalue weighted by molar-refractivity contribution is 0.659. The van der Waals surface area contributed by atoms with Crippen molar-refractivity contribution in [3.63, 3.8) is 0 Å². The summed E-state index contributed by atoms with van der Waals surface area (Å²) in [5.74, 6) is 0. The van der Waals surface area contributed by atoms with Crippen LogP contribution in [-0.2, 0) is 13.6 Å². The maximum absolute atomic E-state index is 13.2. The number of nitrogens with one attached hydrogen (secondary N) is 1. The number of benzene rings is 1. The number of hydrogen-bond donors (Lipinski definition) is 1. The van der Waals surface area contributed by atoms with Crippen LogP contribution in [0.3, 0.4) is 0 Å². The largest absolute Gasteiger partial charge is 0.376 e. The van der Waals surface area contributed by atoms with Crippen LogP contribution in [0.15, 0.2) is 39.9 Å². The maximum atomic E-state index is 13.2. The first-order valence-electron chi connectivity index (χ1n) is 9.39. The van der Waals surface area contributed by atoms with Gasteiger partial charge in [0.25, 0.3) is 5.56 Å². The molecule has 6 nitrogen and oxygen atoms in total. The summed E-state index contributed by atoms with van der Waals surface area (Å²) in [7, 11) is 1.80. The molecule has 0 saturated heterocycles. The number of aryl methyl sites for hydroxylation is 3. The number of nitrogens with zero attached hydrogens (tertiary/aromatic N) is 4. The predicted molar refractivity (Wildman–Crippen MR) is 122 cm³/mol. The Kier molecular flexibility index (Phi) is 5.12. The minimum Gasteiger partial charge on any atom is -0.376 e. The number of fused-ring (bicyclic) bond motifs is 3. The molecule has 0 amide bonds. The maximum Gasteiger partial charge on any atom is 0.259 e. The van der Waals surface area contributed by atoms with Crippen molar-refractivity contribution in [2.24, 2.45) is 7.05 Å². The first-order chi connectivity index (χ1) is 13.8. The molecule has 3 heterocycles. The highest BCUT2D eigenvalue weighted by molar-refractivity contribution is 9.10. The van der Waals surface area contributed by atoms with Crippen LogP contribution in [0.25, 0.3) is 21.8 Å². The fourth-order valence-electron chi connectivity index (χ4n) is 3.87. The first-order valence-corrected chi connectivity index (χ1v) is 10.6. The van der Waals surface area contributed by atoms with E-state index in [1.807, 2.05) is 36.9 Å². The molecule has 0 bridgehead atoms. The Bertz CT molecular complexity index is 1310. The van der Waals surface area contributed by atoms with E-state index >= 15 is 0 Å². The molecule has 0 radical (unpaired) electrons. The van der Waals surface area contributed by atoms with Crippen molar-refractivity contribution < 1.29 is 0 Å². The second-order valence-corrected chi connectivity index (χ2v) is 8.32. The van der Waals surface area contributed by atoms with Gasteiger partial charge in [-0.1, -0.05) is 17.7 Å². The summed E-state index contributed by atoms with van der Waals surface area (Å²) < 4.78 is 4.20. The Hall–Kier alpha value is -2.38. The van der Waals surface area contributed by atoms with Gasteiger partial charge in [0, 0.05) is 35.8 Å². The van der Waals surface area contributed by atoms with E-state index in [1.165, 1.54) is 0 Å². The summed E-state index contributed by atoms with van der Waals surface area (Å²) in [4.78, 5) is 17.4. The van der Waals surface area contributed by atoms with Crippen LogP contribution in [0.2, 0.25) is 5.15 Å². The number of anilines is 1. The standard InChI is InChI=1S/C21H21BrClN5O/c1-5-28-20-15(10-24-28)18-13(8-11(2)9-14(18)21(29)27(20)4)12(3)25-16-6-7-17(23)26-19(16)22/h6-10,12,25H,5H2,1-4H3. The van der Waals surface area contributed by atoms with Gasteiger partial charge in [-0.15, -0.1) is 0 Å². The molecule has 0 aliphatic rings. The zero-order chi connectivity index (χ0) is 20.9. The third-order valence-corrected chi connectivity index (χ3v) is 6.01.